The van der Waals surface area contributed by atoms with E-state index in [9.17, 15) is 14.4 Å². The van der Waals surface area contributed by atoms with Crippen molar-refractivity contribution in [2.45, 2.75) is 6.42 Å². The van der Waals surface area contributed by atoms with Crippen LogP contribution in [0.5, 0.6) is 0 Å². The van der Waals surface area contributed by atoms with E-state index in [1.165, 1.54) is 6.07 Å². The van der Waals surface area contributed by atoms with Crippen molar-refractivity contribution in [3.63, 3.8) is 0 Å². The lowest BCUT2D eigenvalue weighted by Crippen LogP contribution is -2.36. The molecule has 0 bridgehead atoms. The van der Waals surface area contributed by atoms with E-state index in [1.807, 2.05) is 12.1 Å². The summed E-state index contributed by atoms with van der Waals surface area (Å²) in [6.45, 7) is 0.331. The molecule has 0 aliphatic rings. The van der Waals surface area contributed by atoms with Gasteiger partial charge in [0.25, 0.3) is 17.4 Å². The van der Waals surface area contributed by atoms with E-state index < -0.39 is 17.4 Å². The van der Waals surface area contributed by atoms with Crippen LogP contribution in [0.1, 0.15) is 26.3 Å². The van der Waals surface area contributed by atoms with Crippen molar-refractivity contribution in [1.82, 2.24) is 9.88 Å². The number of hydrogen-bond donors (Lipinski definition) is 1. The van der Waals surface area contributed by atoms with Crippen LogP contribution in [0.3, 0.4) is 0 Å². The molecule has 3 aromatic carbocycles. The van der Waals surface area contributed by atoms with Gasteiger partial charge in [-0.15, -0.1) is 0 Å². The van der Waals surface area contributed by atoms with Crippen LogP contribution in [0.4, 0.5) is 0 Å². The zero-order valence-electron chi connectivity index (χ0n) is 16.8. The molecule has 0 fully saturated rings. The van der Waals surface area contributed by atoms with Gasteiger partial charge in [0.2, 0.25) is 0 Å². The van der Waals surface area contributed by atoms with Gasteiger partial charge in [0.05, 0.1) is 5.52 Å². The molecule has 1 N–H and O–H groups in total. The van der Waals surface area contributed by atoms with Crippen molar-refractivity contribution in [3.05, 3.63) is 116 Å². The van der Waals surface area contributed by atoms with Gasteiger partial charge < -0.3 is 5.32 Å². The Bertz CT molecular complexity index is 1360. The van der Waals surface area contributed by atoms with Crippen LogP contribution in [0, 0.1) is 0 Å². The van der Waals surface area contributed by atoms with E-state index in [0.29, 0.717) is 39.5 Å². The normalized spacial score (nSPS) is 10.8. The quantitative estimate of drug-likeness (QED) is 0.453. The Hall–Kier alpha value is -3.41. The molecule has 1 heterocycles. The van der Waals surface area contributed by atoms with Gasteiger partial charge >= 0.3 is 0 Å². The van der Waals surface area contributed by atoms with Gasteiger partial charge in [-0.1, -0.05) is 53.5 Å². The molecule has 0 aliphatic heterocycles. The van der Waals surface area contributed by atoms with E-state index in [4.69, 9.17) is 23.2 Å². The lowest BCUT2D eigenvalue weighted by Gasteiger charge is -2.12. The highest BCUT2D eigenvalue weighted by Crippen LogP contribution is 2.17. The number of nitrogens with zero attached hydrogens (tertiary/aromatic N) is 1. The molecule has 0 aliphatic carbocycles. The highest BCUT2D eigenvalue weighted by atomic mass is 35.5. The molecular formula is C25H18Cl2N2O3. The average molecular weight is 465 g/mol. The Morgan fingerprint density at radius 3 is 2.16 bits per heavy atom. The second-order valence-electron chi connectivity index (χ2n) is 7.20. The number of amides is 1. The van der Waals surface area contributed by atoms with Gasteiger partial charge in [0.15, 0.2) is 0 Å². The summed E-state index contributed by atoms with van der Waals surface area (Å²) >= 11 is 11.8. The number of hydrogen-bond acceptors (Lipinski definition) is 3. The van der Waals surface area contributed by atoms with Crippen LogP contribution >= 0.6 is 23.2 Å². The number of aromatic nitrogens is 1. The smallest absolute Gasteiger partial charge is 0.270 e. The molecule has 0 saturated heterocycles. The number of benzene rings is 3. The highest BCUT2D eigenvalue weighted by molar-refractivity contribution is 6.30. The summed E-state index contributed by atoms with van der Waals surface area (Å²) in [7, 11) is 0. The first-order chi connectivity index (χ1) is 15.4. The van der Waals surface area contributed by atoms with Crippen LogP contribution in [0.2, 0.25) is 10.0 Å². The molecule has 32 heavy (non-hydrogen) atoms. The van der Waals surface area contributed by atoms with Crippen molar-refractivity contribution in [1.29, 1.82) is 0 Å². The zero-order valence-corrected chi connectivity index (χ0v) is 18.4. The molecule has 1 aromatic heterocycles. The number of fused-ring (bicyclic) bond motifs is 1. The molecule has 4 aromatic rings. The molecule has 0 saturated carbocycles. The molecule has 0 unspecified atom stereocenters. The van der Waals surface area contributed by atoms with Gasteiger partial charge in [-0.05, 0) is 65.9 Å². The molecule has 1 amide bonds. The largest absolute Gasteiger partial charge is 0.352 e. The second-order valence-corrected chi connectivity index (χ2v) is 8.07. The average Bonchev–Trinajstić information content (AvgIpc) is 2.80. The highest BCUT2D eigenvalue weighted by Gasteiger charge is 2.20. The minimum atomic E-state index is -0.673. The third kappa shape index (κ3) is 4.59. The van der Waals surface area contributed by atoms with Crippen molar-refractivity contribution in [2.24, 2.45) is 0 Å². The van der Waals surface area contributed by atoms with Crippen LogP contribution in [-0.2, 0) is 6.42 Å². The van der Waals surface area contributed by atoms with Crippen LogP contribution in [0.15, 0.2) is 83.7 Å². The Balaban J connectivity index is 1.66. The third-order valence-corrected chi connectivity index (χ3v) is 5.57. The van der Waals surface area contributed by atoms with Crippen LogP contribution < -0.4 is 10.9 Å². The maximum Gasteiger partial charge on any atom is 0.270 e. The van der Waals surface area contributed by atoms with Gasteiger partial charge in [-0.25, -0.2) is 4.57 Å². The van der Waals surface area contributed by atoms with Crippen LogP contribution in [0.25, 0.3) is 10.9 Å². The van der Waals surface area contributed by atoms with E-state index in [-0.39, 0.29) is 5.56 Å². The summed E-state index contributed by atoms with van der Waals surface area (Å²) in [6.07, 6.45) is 0.578. The Labute approximate surface area is 194 Å². The van der Waals surface area contributed by atoms with Crippen molar-refractivity contribution in [2.75, 3.05) is 6.54 Å². The number of carbonyl (C=O) groups is 2. The lowest BCUT2D eigenvalue weighted by molar-refractivity contribution is 0.0949. The Morgan fingerprint density at radius 1 is 0.844 bits per heavy atom. The molecule has 0 radical (unpaired) electrons. The monoisotopic (exact) mass is 464 g/mol. The second kappa shape index (κ2) is 9.39. The molecule has 0 spiro atoms. The number of nitrogens with one attached hydrogen (secondary N) is 1. The Morgan fingerprint density at radius 2 is 1.47 bits per heavy atom. The third-order valence-electron chi connectivity index (χ3n) is 5.06. The van der Waals surface area contributed by atoms with Crippen molar-refractivity contribution < 1.29 is 9.59 Å². The van der Waals surface area contributed by atoms with Gasteiger partial charge in [0, 0.05) is 22.2 Å². The summed E-state index contributed by atoms with van der Waals surface area (Å²) in [5, 5.41) is 4.49. The summed E-state index contributed by atoms with van der Waals surface area (Å²) < 4.78 is 1.03. The van der Waals surface area contributed by atoms with E-state index >= 15 is 0 Å². The van der Waals surface area contributed by atoms with Gasteiger partial charge in [-0.2, -0.15) is 0 Å². The summed E-state index contributed by atoms with van der Waals surface area (Å²) in [5.41, 5.74) is 0.954. The molecule has 5 nitrogen and oxygen atoms in total. The van der Waals surface area contributed by atoms with E-state index in [2.05, 4.69) is 5.32 Å². The van der Waals surface area contributed by atoms with Crippen LogP contribution in [-0.4, -0.2) is 22.9 Å². The van der Waals surface area contributed by atoms with Gasteiger partial charge in [-0.3, -0.25) is 14.4 Å². The summed E-state index contributed by atoms with van der Waals surface area (Å²) in [6, 6.07) is 22.0. The first-order valence-corrected chi connectivity index (χ1v) is 10.7. The fourth-order valence-corrected chi connectivity index (χ4v) is 3.66. The molecule has 4 rings (SSSR count). The molecule has 0 atom stereocenters. The maximum absolute atomic E-state index is 13.2. The van der Waals surface area contributed by atoms with E-state index in [1.54, 1.807) is 60.7 Å². The Kier molecular flexibility index (Phi) is 6.40. The minimum absolute atomic E-state index is 0.0953. The minimum Gasteiger partial charge on any atom is -0.352 e. The SMILES string of the molecule is O=C(NCCc1ccc(Cl)cc1)c1cc2ccccc2n(C(=O)c2ccc(Cl)cc2)c1=O. The molecule has 7 heteroatoms. The maximum atomic E-state index is 13.2. The fraction of sp³-hybridized carbons (Fsp3) is 0.0800. The van der Waals surface area contributed by atoms with E-state index in [0.717, 1.165) is 10.1 Å². The fourth-order valence-electron chi connectivity index (χ4n) is 3.41. The van der Waals surface area contributed by atoms with Crippen molar-refractivity contribution in [3.8, 4) is 0 Å². The van der Waals surface area contributed by atoms with Gasteiger partial charge in [0.1, 0.15) is 5.56 Å². The molecule has 160 valence electrons. The standard InChI is InChI=1S/C25H18Cl2N2O3/c26-19-9-5-16(6-10-19)13-14-28-23(30)21-15-18-3-1-2-4-22(18)29(25(21)32)24(31)17-7-11-20(27)12-8-17/h1-12,15H,13-14H2,(H,28,30). The van der Waals surface area contributed by atoms with Crippen molar-refractivity contribution >= 4 is 45.9 Å². The number of halogens is 2. The number of carbonyl (C=O) groups excluding carboxylic acids is 2. The summed E-state index contributed by atoms with van der Waals surface area (Å²) in [4.78, 5) is 39.2. The lowest BCUT2D eigenvalue weighted by atomic mass is 10.1. The number of pyridine rings is 1. The first kappa shape index (κ1) is 21.8. The summed E-state index contributed by atoms with van der Waals surface area (Å²) in [5.74, 6) is -1.06. The number of para-hydroxylation sites is 1. The predicted octanol–water partition coefficient (Wildman–Crippen LogP) is 4.97. The molecular weight excluding hydrogens is 447 g/mol. The first-order valence-electron chi connectivity index (χ1n) is 9.92. The predicted molar refractivity (Wildman–Crippen MR) is 127 cm³/mol. The zero-order chi connectivity index (χ0) is 22.7. The number of rotatable bonds is 5. The topological polar surface area (TPSA) is 68.2 Å².